The number of carbonyl (C=O) groups is 1. The van der Waals surface area contributed by atoms with Crippen LogP contribution in [0.5, 0.6) is 0 Å². The van der Waals surface area contributed by atoms with Crippen molar-refractivity contribution in [1.82, 2.24) is 9.88 Å². The Morgan fingerprint density at radius 2 is 2.35 bits per heavy atom. The quantitative estimate of drug-likeness (QED) is 0.795. The van der Waals surface area contributed by atoms with Gasteiger partial charge in [0.05, 0.1) is 0 Å². The molecule has 0 radical (unpaired) electrons. The molecular formula is C15H22N2O3. The van der Waals surface area contributed by atoms with Crippen molar-refractivity contribution in [2.75, 3.05) is 19.8 Å². The number of aromatic nitrogens is 1. The first-order chi connectivity index (χ1) is 9.75. The fourth-order valence-electron chi connectivity index (χ4n) is 2.43. The Labute approximate surface area is 118 Å². The van der Waals surface area contributed by atoms with Crippen LogP contribution in [0.25, 0.3) is 0 Å². The summed E-state index contributed by atoms with van der Waals surface area (Å²) in [6.45, 7) is 2.76. The predicted octanol–water partition coefficient (Wildman–Crippen LogP) is 1.17. The Kier molecular flexibility index (Phi) is 5.80. The van der Waals surface area contributed by atoms with Crippen LogP contribution in [0.2, 0.25) is 0 Å². The number of hydrogen-bond acceptors (Lipinski definition) is 3. The second-order valence-corrected chi connectivity index (χ2v) is 5.22. The third-order valence-corrected chi connectivity index (χ3v) is 3.53. The molecule has 5 nitrogen and oxygen atoms in total. The van der Waals surface area contributed by atoms with Gasteiger partial charge in [-0.05, 0) is 31.2 Å². The van der Waals surface area contributed by atoms with Crippen LogP contribution >= 0.6 is 0 Å². The van der Waals surface area contributed by atoms with Gasteiger partial charge in [0.1, 0.15) is 0 Å². The molecule has 0 aromatic carbocycles. The Morgan fingerprint density at radius 3 is 3.10 bits per heavy atom. The molecule has 20 heavy (non-hydrogen) atoms. The van der Waals surface area contributed by atoms with Crippen molar-refractivity contribution < 1.29 is 9.53 Å². The van der Waals surface area contributed by atoms with E-state index in [1.807, 2.05) is 6.07 Å². The average molecular weight is 278 g/mol. The fraction of sp³-hybridized carbons (Fsp3) is 0.600. The first-order valence-electron chi connectivity index (χ1n) is 7.25. The number of amides is 1. The highest BCUT2D eigenvalue weighted by Crippen LogP contribution is 2.16. The van der Waals surface area contributed by atoms with Crippen LogP contribution in [0.1, 0.15) is 25.7 Å². The van der Waals surface area contributed by atoms with Gasteiger partial charge >= 0.3 is 0 Å². The molecule has 1 N–H and O–H groups in total. The molecule has 1 saturated heterocycles. The van der Waals surface area contributed by atoms with Crippen molar-refractivity contribution in [3.63, 3.8) is 0 Å². The smallest absolute Gasteiger partial charge is 0.250 e. The van der Waals surface area contributed by atoms with Gasteiger partial charge in [-0.3, -0.25) is 9.59 Å². The van der Waals surface area contributed by atoms with Crippen LogP contribution in [0.4, 0.5) is 0 Å². The molecule has 2 rings (SSSR count). The Balaban J connectivity index is 1.62. The van der Waals surface area contributed by atoms with Crippen molar-refractivity contribution in [1.29, 1.82) is 0 Å². The third-order valence-electron chi connectivity index (χ3n) is 3.53. The van der Waals surface area contributed by atoms with Gasteiger partial charge in [-0.15, -0.1) is 0 Å². The van der Waals surface area contributed by atoms with Crippen LogP contribution in [-0.4, -0.2) is 30.2 Å². The molecule has 0 spiro atoms. The van der Waals surface area contributed by atoms with E-state index >= 15 is 0 Å². The first-order valence-corrected chi connectivity index (χ1v) is 7.25. The topological polar surface area (TPSA) is 60.3 Å². The Hall–Kier alpha value is -1.62. The van der Waals surface area contributed by atoms with Gasteiger partial charge in [0.25, 0.3) is 0 Å². The zero-order valence-electron chi connectivity index (χ0n) is 11.7. The summed E-state index contributed by atoms with van der Waals surface area (Å²) in [5.41, 5.74) is -0.00168. The second kappa shape index (κ2) is 7.85. The third kappa shape index (κ3) is 4.81. The minimum absolute atomic E-state index is 0.00168. The lowest BCUT2D eigenvalue weighted by atomic mass is 9.98. The number of rotatable bonds is 6. The van der Waals surface area contributed by atoms with Crippen molar-refractivity contribution in [3.8, 4) is 0 Å². The molecule has 1 unspecified atom stereocenters. The lowest BCUT2D eigenvalue weighted by Crippen LogP contribution is -2.30. The summed E-state index contributed by atoms with van der Waals surface area (Å²) in [7, 11) is 0. The summed E-state index contributed by atoms with van der Waals surface area (Å²) in [5, 5.41) is 2.91. The summed E-state index contributed by atoms with van der Waals surface area (Å²) < 4.78 is 7.02. The summed E-state index contributed by atoms with van der Waals surface area (Å²) in [6, 6.07) is 5.11. The summed E-state index contributed by atoms with van der Waals surface area (Å²) in [4.78, 5) is 23.2. The molecule has 1 atom stereocenters. The number of carbonyl (C=O) groups excluding carboxylic acids is 1. The number of ether oxygens (including phenoxy) is 1. The number of pyridine rings is 1. The molecule has 1 aliphatic heterocycles. The normalized spacial score (nSPS) is 18.7. The zero-order chi connectivity index (χ0) is 14.2. The highest BCUT2D eigenvalue weighted by molar-refractivity contribution is 5.76. The van der Waals surface area contributed by atoms with E-state index in [0.29, 0.717) is 32.0 Å². The Morgan fingerprint density at radius 1 is 1.45 bits per heavy atom. The number of aryl methyl sites for hydroxylation is 1. The maximum absolute atomic E-state index is 11.8. The van der Waals surface area contributed by atoms with Crippen LogP contribution in [0, 0.1) is 5.92 Å². The van der Waals surface area contributed by atoms with Crippen LogP contribution in [-0.2, 0) is 16.1 Å². The van der Waals surface area contributed by atoms with Gasteiger partial charge in [0, 0.05) is 45.0 Å². The lowest BCUT2D eigenvalue weighted by Gasteiger charge is -2.21. The summed E-state index contributed by atoms with van der Waals surface area (Å²) >= 11 is 0. The highest BCUT2D eigenvalue weighted by Gasteiger charge is 2.17. The van der Waals surface area contributed by atoms with E-state index in [9.17, 15) is 9.59 Å². The molecule has 1 amide bonds. The SMILES string of the molecule is O=C(CC1CCCOC1)NCCCn1ccccc1=O. The monoisotopic (exact) mass is 278 g/mol. The lowest BCUT2D eigenvalue weighted by molar-refractivity contribution is -0.123. The number of hydrogen-bond donors (Lipinski definition) is 1. The molecule has 1 aromatic rings. The molecular weight excluding hydrogens is 256 g/mol. The van der Waals surface area contributed by atoms with Gasteiger partial charge < -0.3 is 14.6 Å². The van der Waals surface area contributed by atoms with Crippen molar-refractivity contribution in [2.45, 2.75) is 32.2 Å². The molecule has 0 aliphatic carbocycles. The fourth-order valence-corrected chi connectivity index (χ4v) is 2.43. The van der Waals surface area contributed by atoms with Crippen molar-refractivity contribution in [2.24, 2.45) is 5.92 Å². The molecule has 1 aliphatic rings. The van der Waals surface area contributed by atoms with E-state index in [1.165, 1.54) is 0 Å². The molecule has 0 saturated carbocycles. The largest absolute Gasteiger partial charge is 0.381 e. The predicted molar refractivity (Wildman–Crippen MR) is 76.5 cm³/mol. The molecule has 2 heterocycles. The van der Waals surface area contributed by atoms with E-state index in [4.69, 9.17) is 4.74 Å². The number of nitrogens with one attached hydrogen (secondary N) is 1. The molecule has 1 aromatic heterocycles. The highest BCUT2D eigenvalue weighted by atomic mass is 16.5. The van der Waals surface area contributed by atoms with Crippen LogP contribution in [0.3, 0.4) is 0 Å². The second-order valence-electron chi connectivity index (χ2n) is 5.22. The molecule has 5 heteroatoms. The van der Waals surface area contributed by atoms with E-state index in [0.717, 1.165) is 25.9 Å². The van der Waals surface area contributed by atoms with Gasteiger partial charge in [-0.25, -0.2) is 0 Å². The molecule has 0 bridgehead atoms. The maximum Gasteiger partial charge on any atom is 0.250 e. The van der Waals surface area contributed by atoms with Gasteiger partial charge in [0.2, 0.25) is 11.5 Å². The minimum atomic E-state index is -0.00168. The van der Waals surface area contributed by atoms with Gasteiger partial charge in [-0.2, -0.15) is 0 Å². The maximum atomic E-state index is 11.8. The van der Waals surface area contributed by atoms with Crippen molar-refractivity contribution >= 4 is 5.91 Å². The van der Waals surface area contributed by atoms with Crippen molar-refractivity contribution in [3.05, 3.63) is 34.7 Å². The van der Waals surface area contributed by atoms with Crippen LogP contribution in [0.15, 0.2) is 29.2 Å². The van der Waals surface area contributed by atoms with E-state index in [1.54, 1.807) is 22.9 Å². The first kappa shape index (κ1) is 14.8. The van der Waals surface area contributed by atoms with E-state index in [2.05, 4.69) is 5.32 Å². The van der Waals surface area contributed by atoms with Crippen LogP contribution < -0.4 is 10.9 Å². The molecule has 110 valence electrons. The summed E-state index contributed by atoms with van der Waals surface area (Å²) in [5.74, 6) is 0.446. The van der Waals surface area contributed by atoms with E-state index in [-0.39, 0.29) is 11.5 Å². The number of nitrogens with zero attached hydrogens (tertiary/aromatic N) is 1. The zero-order valence-corrected chi connectivity index (χ0v) is 11.7. The average Bonchev–Trinajstić information content (AvgIpc) is 2.46. The van der Waals surface area contributed by atoms with E-state index < -0.39 is 0 Å². The van der Waals surface area contributed by atoms with Gasteiger partial charge in [-0.1, -0.05) is 6.07 Å². The standard InChI is InChI=1S/C15H22N2O3/c18-14(11-13-5-3-10-20-12-13)16-7-4-9-17-8-2-1-6-15(17)19/h1-2,6,8,13H,3-5,7,9-12H2,(H,16,18). The summed E-state index contributed by atoms with van der Waals surface area (Å²) in [6.07, 6.45) is 5.20. The Bertz CT molecular complexity index is 478. The minimum Gasteiger partial charge on any atom is -0.381 e. The van der Waals surface area contributed by atoms with Gasteiger partial charge in [0.15, 0.2) is 0 Å². The molecule has 1 fully saturated rings.